The van der Waals surface area contributed by atoms with Crippen molar-refractivity contribution < 1.29 is 19.1 Å². The molecule has 0 aromatic heterocycles. The van der Waals surface area contributed by atoms with Crippen LogP contribution in [0.1, 0.15) is 63.7 Å². The normalized spacial score (nSPS) is 22.4. The van der Waals surface area contributed by atoms with E-state index in [0.29, 0.717) is 43.8 Å². The molecule has 0 aliphatic carbocycles. The minimum atomic E-state index is -0.855. The van der Waals surface area contributed by atoms with Gasteiger partial charge in [0.2, 0.25) is 0 Å². The van der Waals surface area contributed by atoms with Gasteiger partial charge in [0.1, 0.15) is 11.3 Å². The largest absolute Gasteiger partial charge is 0.491 e. The molecule has 2 fully saturated rings. The number of likely N-dealkylation sites (tertiary alicyclic amines) is 1. The minimum absolute atomic E-state index is 0.0133. The van der Waals surface area contributed by atoms with E-state index in [1.807, 2.05) is 30.9 Å². The smallest absolute Gasteiger partial charge is 0.322 e. The molecule has 30 heavy (non-hydrogen) atoms. The highest BCUT2D eigenvalue weighted by Crippen LogP contribution is 2.35. The number of benzene rings is 1. The van der Waals surface area contributed by atoms with Gasteiger partial charge in [-0.25, -0.2) is 4.79 Å². The maximum absolute atomic E-state index is 12.9. The van der Waals surface area contributed by atoms with Crippen molar-refractivity contribution in [1.29, 1.82) is 0 Å². The fourth-order valence-electron chi connectivity index (χ4n) is 4.40. The Kier molecular flexibility index (Phi) is 6.68. The average molecular weight is 416 g/mol. The van der Waals surface area contributed by atoms with E-state index in [-0.39, 0.29) is 23.8 Å². The Hall–Kier alpha value is -2.57. The molecule has 4 amide bonds. The molecule has 2 N–H and O–H groups in total. The van der Waals surface area contributed by atoms with Gasteiger partial charge in [-0.15, -0.1) is 0 Å². The van der Waals surface area contributed by atoms with Gasteiger partial charge in [-0.3, -0.25) is 14.9 Å². The van der Waals surface area contributed by atoms with E-state index in [9.17, 15) is 14.4 Å². The first-order valence-corrected chi connectivity index (χ1v) is 10.9. The monoisotopic (exact) mass is 415 g/mol. The summed E-state index contributed by atoms with van der Waals surface area (Å²) in [4.78, 5) is 39.3. The van der Waals surface area contributed by atoms with Crippen LogP contribution in [0.25, 0.3) is 0 Å². The van der Waals surface area contributed by atoms with Gasteiger partial charge in [-0.05, 0) is 75.6 Å². The Morgan fingerprint density at radius 1 is 1.13 bits per heavy atom. The summed E-state index contributed by atoms with van der Waals surface area (Å²) >= 11 is 0. The van der Waals surface area contributed by atoms with Crippen LogP contribution in [0, 0.1) is 11.8 Å². The first-order valence-electron chi connectivity index (χ1n) is 10.9. The van der Waals surface area contributed by atoms with E-state index in [1.165, 1.54) is 0 Å². The summed E-state index contributed by atoms with van der Waals surface area (Å²) in [5, 5.41) is 5.35. The zero-order chi connectivity index (χ0) is 21.9. The van der Waals surface area contributed by atoms with Crippen LogP contribution in [-0.2, 0) is 4.79 Å². The molecule has 2 aliphatic rings. The third kappa shape index (κ3) is 4.77. The van der Waals surface area contributed by atoms with E-state index >= 15 is 0 Å². The van der Waals surface area contributed by atoms with Gasteiger partial charge in [0.25, 0.3) is 11.8 Å². The van der Waals surface area contributed by atoms with Gasteiger partial charge in [0, 0.05) is 18.7 Å². The zero-order valence-corrected chi connectivity index (χ0v) is 18.4. The number of amides is 4. The molecule has 0 spiro atoms. The zero-order valence-electron chi connectivity index (χ0n) is 18.4. The predicted molar refractivity (Wildman–Crippen MR) is 114 cm³/mol. The van der Waals surface area contributed by atoms with Crippen molar-refractivity contribution in [1.82, 2.24) is 15.5 Å². The number of ether oxygens (including phenoxy) is 1. The summed E-state index contributed by atoms with van der Waals surface area (Å²) in [6.07, 6.45) is 2.94. The fourth-order valence-corrected chi connectivity index (χ4v) is 4.40. The summed E-state index contributed by atoms with van der Waals surface area (Å²) < 4.78 is 5.64. The summed E-state index contributed by atoms with van der Waals surface area (Å²) in [7, 11) is 0. The molecule has 0 saturated carbocycles. The Labute approximate surface area is 178 Å². The number of rotatable bonds is 7. The fraction of sp³-hybridized carbons (Fsp3) is 0.609. The summed E-state index contributed by atoms with van der Waals surface area (Å²) in [6.45, 7) is 9.29. The summed E-state index contributed by atoms with van der Waals surface area (Å²) in [5.41, 5.74) is -0.224. The van der Waals surface area contributed by atoms with Gasteiger partial charge in [-0.2, -0.15) is 0 Å². The number of hydrogen-bond donors (Lipinski definition) is 2. The van der Waals surface area contributed by atoms with Crippen LogP contribution in [0.3, 0.4) is 0 Å². The molecule has 2 aliphatic heterocycles. The highest BCUT2D eigenvalue weighted by Gasteiger charge is 2.52. The van der Waals surface area contributed by atoms with Gasteiger partial charge in [0.15, 0.2) is 0 Å². The molecule has 7 nitrogen and oxygen atoms in total. The van der Waals surface area contributed by atoms with Crippen LogP contribution in [0.2, 0.25) is 0 Å². The maximum atomic E-state index is 12.9. The number of urea groups is 1. The van der Waals surface area contributed by atoms with Crippen LogP contribution in [-0.4, -0.2) is 47.5 Å². The van der Waals surface area contributed by atoms with Crippen molar-refractivity contribution in [3.05, 3.63) is 29.8 Å². The third-order valence-electron chi connectivity index (χ3n) is 6.04. The molecule has 7 heteroatoms. The lowest BCUT2D eigenvalue weighted by atomic mass is 9.74. The van der Waals surface area contributed by atoms with Crippen molar-refractivity contribution in [2.75, 3.05) is 13.1 Å². The van der Waals surface area contributed by atoms with E-state index in [4.69, 9.17) is 4.74 Å². The van der Waals surface area contributed by atoms with Crippen molar-refractivity contribution in [3.8, 4) is 5.75 Å². The second-order valence-electron chi connectivity index (χ2n) is 9.07. The van der Waals surface area contributed by atoms with Gasteiger partial charge >= 0.3 is 6.03 Å². The van der Waals surface area contributed by atoms with Crippen LogP contribution in [0.4, 0.5) is 4.79 Å². The number of carbonyl (C=O) groups excluding carboxylic acids is 3. The molecule has 164 valence electrons. The number of imide groups is 1. The first kappa shape index (κ1) is 22.1. The number of carbonyl (C=O) groups is 3. The molecule has 1 atom stereocenters. The van der Waals surface area contributed by atoms with Gasteiger partial charge < -0.3 is 15.0 Å². The highest BCUT2D eigenvalue weighted by molar-refractivity contribution is 6.07. The molecule has 0 radical (unpaired) electrons. The lowest BCUT2D eigenvalue weighted by Crippen LogP contribution is -2.56. The Morgan fingerprint density at radius 3 is 2.27 bits per heavy atom. The first-order chi connectivity index (χ1) is 14.2. The second kappa shape index (κ2) is 9.06. The number of piperidine rings is 1. The van der Waals surface area contributed by atoms with Crippen molar-refractivity contribution in [2.24, 2.45) is 11.8 Å². The lowest BCUT2D eigenvalue weighted by Gasteiger charge is -2.41. The molecule has 1 aromatic carbocycles. The molecule has 0 bridgehead atoms. The van der Waals surface area contributed by atoms with Crippen LogP contribution in [0.15, 0.2) is 24.3 Å². The number of nitrogens with zero attached hydrogens (tertiary/aromatic N) is 1. The minimum Gasteiger partial charge on any atom is -0.491 e. The Balaban J connectivity index is 1.64. The molecule has 3 rings (SSSR count). The average Bonchev–Trinajstić information content (AvgIpc) is 3.00. The maximum Gasteiger partial charge on any atom is 0.322 e. The number of nitrogens with one attached hydrogen (secondary N) is 2. The van der Waals surface area contributed by atoms with Crippen molar-refractivity contribution >= 4 is 17.8 Å². The van der Waals surface area contributed by atoms with E-state index < -0.39 is 11.6 Å². The van der Waals surface area contributed by atoms with Crippen LogP contribution in [0.5, 0.6) is 5.75 Å². The van der Waals surface area contributed by atoms with Crippen molar-refractivity contribution in [3.63, 3.8) is 0 Å². The Bertz CT molecular complexity index is 782. The SMILES string of the molecule is CC(C)CC[C@@]1(C2CCN(C(=O)c3ccc(OC(C)C)cc3)CC2)NC(=O)NC1=O. The van der Waals surface area contributed by atoms with Crippen LogP contribution >= 0.6 is 0 Å². The Morgan fingerprint density at radius 2 is 1.77 bits per heavy atom. The number of hydrogen-bond acceptors (Lipinski definition) is 4. The lowest BCUT2D eigenvalue weighted by molar-refractivity contribution is -0.127. The molecular weight excluding hydrogens is 382 g/mol. The van der Waals surface area contributed by atoms with E-state index in [1.54, 1.807) is 12.1 Å². The predicted octanol–water partition coefficient (Wildman–Crippen LogP) is 3.34. The topological polar surface area (TPSA) is 87.7 Å². The molecule has 1 aromatic rings. The second-order valence-corrected chi connectivity index (χ2v) is 9.07. The third-order valence-corrected chi connectivity index (χ3v) is 6.04. The van der Waals surface area contributed by atoms with E-state index in [2.05, 4.69) is 24.5 Å². The molecule has 2 saturated heterocycles. The van der Waals surface area contributed by atoms with E-state index in [0.717, 1.165) is 12.2 Å². The quantitative estimate of drug-likeness (QED) is 0.669. The van der Waals surface area contributed by atoms with Gasteiger partial charge in [-0.1, -0.05) is 13.8 Å². The molecular formula is C23H33N3O4. The standard InChI is InChI=1S/C23H33N3O4/c1-15(2)9-12-23(21(28)24-22(29)25-23)18-10-13-26(14-11-18)20(27)17-5-7-19(8-6-17)30-16(3)4/h5-8,15-16,18H,9-14H2,1-4H3,(H2,24,25,28,29)/t23-/m0/s1. The summed E-state index contributed by atoms with van der Waals surface area (Å²) in [5.74, 6) is 0.972. The molecule has 2 heterocycles. The van der Waals surface area contributed by atoms with Crippen molar-refractivity contribution in [2.45, 2.75) is 65.0 Å². The van der Waals surface area contributed by atoms with Crippen LogP contribution < -0.4 is 15.4 Å². The molecule has 0 unspecified atom stereocenters. The highest BCUT2D eigenvalue weighted by atomic mass is 16.5. The summed E-state index contributed by atoms with van der Waals surface area (Å²) in [6, 6.07) is 6.81. The van der Waals surface area contributed by atoms with Gasteiger partial charge in [0.05, 0.1) is 6.10 Å².